The maximum Gasteiger partial charge on any atom is 0.327 e. The molecule has 2 rings (SSSR count). The van der Waals surface area contributed by atoms with Gasteiger partial charge in [-0.25, -0.2) is 4.79 Å². The minimum absolute atomic E-state index is 0.259. The second-order valence-electron chi connectivity index (χ2n) is 4.38. The minimum atomic E-state index is -0.417. The number of nitrogens with zero attached hydrogens (tertiary/aromatic N) is 1. The summed E-state index contributed by atoms with van der Waals surface area (Å²) in [6, 6.07) is 5.05. The van der Waals surface area contributed by atoms with Gasteiger partial charge in [-0.05, 0) is 23.8 Å². The summed E-state index contributed by atoms with van der Waals surface area (Å²) in [7, 11) is 1.41. The number of carbonyl (C=O) groups is 1. The first-order valence-electron chi connectivity index (χ1n) is 6.11. The third kappa shape index (κ3) is 3.48. The van der Waals surface area contributed by atoms with Gasteiger partial charge in [0.2, 0.25) is 0 Å². The maximum absolute atomic E-state index is 12.1. The van der Waals surface area contributed by atoms with Crippen LogP contribution in [0, 0.1) is 0 Å². The van der Waals surface area contributed by atoms with Gasteiger partial charge in [-0.1, -0.05) is 27.5 Å². The number of hydrogen-bond acceptors (Lipinski definition) is 4. The topological polar surface area (TPSA) is 41.6 Å². The molecule has 0 amide bonds. The van der Waals surface area contributed by atoms with Gasteiger partial charge in [0.05, 0.1) is 7.11 Å². The number of methoxy groups -OCH3 is 1. The first-order valence-corrected chi connectivity index (χ1v) is 7.28. The molecule has 1 aromatic carbocycles. The van der Waals surface area contributed by atoms with Crippen LogP contribution in [0.2, 0.25) is 5.02 Å². The summed E-state index contributed by atoms with van der Waals surface area (Å²) < 4.78 is 5.82. The molecule has 4 nitrogen and oxygen atoms in total. The van der Waals surface area contributed by atoms with Crippen LogP contribution in [0.15, 0.2) is 22.7 Å². The van der Waals surface area contributed by atoms with Gasteiger partial charge in [-0.15, -0.1) is 0 Å². The number of carbonyl (C=O) groups excluding carboxylic acids is 1. The number of esters is 1. The SMILES string of the molecule is COC(=O)C(c1cc(Cl)ccc1Br)N1CCNCC1. The lowest BCUT2D eigenvalue weighted by Gasteiger charge is -2.33. The van der Waals surface area contributed by atoms with Crippen LogP contribution in [0.1, 0.15) is 11.6 Å². The highest BCUT2D eigenvalue weighted by Gasteiger charge is 2.31. The fourth-order valence-electron chi connectivity index (χ4n) is 2.25. The summed E-state index contributed by atoms with van der Waals surface area (Å²) in [4.78, 5) is 14.2. The number of halogens is 2. The molecule has 1 atom stereocenters. The fourth-order valence-corrected chi connectivity index (χ4v) is 2.89. The summed E-state index contributed by atoms with van der Waals surface area (Å²) in [6.45, 7) is 3.34. The van der Waals surface area contributed by atoms with Crippen molar-refractivity contribution in [2.24, 2.45) is 0 Å². The fraction of sp³-hybridized carbons (Fsp3) is 0.462. The highest BCUT2D eigenvalue weighted by atomic mass is 79.9. The van der Waals surface area contributed by atoms with E-state index in [2.05, 4.69) is 26.1 Å². The van der Waals surface area contributed by atoms with Crippen LogP contribution in [-0.2, 0) is 9.53 Å². The molecular formula is C13H16BrClN2O2. The number of ether oxygens (including phenoxy) is 1. The van der Waals surface area contributed by atoms with Crippen molar-refractivity contribution in [3.05, 3.63) is 33.3 Å². The van der Waals surface area contributed by atoms with Gasteiger partial charge >= 0.3 is 5.97 Å². The van der Waals surface area contributed by atoms with Crippen molar-refractivity contribution in [1.29, 1.82) is 0 Å². The summed E-state index contributed by atoms with van der Waals surface area (Å²) in [5, 5.41) is 3.89. The lowest BCUT2D eigenvalue weighted by atomic mass is 10.0. The van der Waals surface area contributed by atoms with E-state index in [0.717, 1.165) is 36.2 Å². The van der Waals surface area contributed by atoms with Crippen LogP contribution in [0.4, 0.5) is 0 Å². The molecule has 0 radical (unpaired) electrons. The Labute approximate surface area is 126 Å². The zero-order valence-electron chi connectivity index (χ0n) is 10.7. The van der Waals surface area contributed by atoms with Gasteiger partial charge in [0, 0.05) is 35.7 Å². The van der Waals surface area contributed by atoms with Crippen LogP contribution in [0.25, 0.3) is 0 Å². The van der Waals surface area contributed by atoms with Crippen LogP contribution in [0.5, 0.6) is 0 Å². The summed E-state index contributed by atoms with van der Waals surface area (Å²) in [5.41, 5.74) is 0.848. The first kappa shape index (κ1) is 14.8. The van der Waals surface area contributed by atoms with E-state index >= 15 is 0 Å². The van der Waals surface area contributed by atoms with E-state index in [1.54, 1.807) is 6.07 Å². The van der Waals surface area contributed by atoms with Crippen molar-refractivity contribution in [1.82, 2.24) is 10.2 Å². The Morgan fingerprint density at radius 2 is 2.16 bits per heavy atom. The van der Waals surface area contributed by atoms with Crippen LogP contribution in [0.3, 0.4) is 0 Å². The molecule has 104 valence electrons. The normalized spacial score (nSPS) is 18.1. The van der Waals surface area contributed by atoms with E-state index in [9.17, 15) is 4.79 Å². The van der Waals surface area contributed by atoms with E-state index in [-0.39, 0.29) is 5.97 Å². The standard InChI is InChI=1S/C13H16BrClN2O2/c1-19-13(18)12(17-6-4-16-5-7-17)10-8-9(15)2-3-11(10)14/h2-3,8,12,16H,4-7H2,1H3. The molecule has 1 unspecified atom stereocenters. The van der Waals surface area contributed by atoms with Gasteiger partial charge in [0.15, 0.2) is 0 Å². The van der Waals surface area contributed by atoms with E-state index in [1.807, 2.05) is 12.1 Å². The highest BCUT2D eigenvalue weighted by Crippen LogP contribution is 2.31. The Balaban J connectivity index is 2.36. The number of hydrogen-bond donors (Lipinski definition) is 1. The van der Waals surface area contributed by atoms with Crippen molar-refractivity contribution in [2.45, 2.75) is 6.04 Å². The van der Waals surface area contributed by atoms with E-state index in [1.165, 1.54) is 7.11 Å². The smallest absolute Gasteiger partial charge is 0.327 e. The number of benzene rings is 1. The molecule has 1 aliphatic rings. The molecule has 1 aliphatic heterocycles. The Bertz CT molecular complexity index is 464. The molecule has 0 saturated carbocycles. The average molecular weight is 348 g/mol. The molecule has 1 saturated heterocycles. The Kier molecular flexibility index (Phi) is 5.21. The van der Waals surface area contributed by atoms with E-state index in [0.29, 0.717) is 5.02 Å². The Morgan fingerprint density at radius 1 is 1.47 bits per heavy atom. The number of piperazine rings is 1. The summed E-state index contributed by atoms with van der Waals surface area (Å²) in [6.07, 6.45) is 0. The van der Waals surface area contributed by atoms with Crippen molar-refractivity contribution >= 4 is 33.5 Å². The molecular weight excluding hydrogens is 332 g/mol. The monoisotopic (exact) mass is 346 g/mol. The van der Waals surface area contributed by atoms with E-state index < -0.39 is 6.04 Å². The second-order valence-corrected chi connectivity index (χ2v) is 5.67. The molecule has 0 spiro atoms. The Hall–Kier alpha value is -0.620. The summed E-state index contributed by atoms with van der Waals surface area (Å²) in [5.74, 6) is -0.259. The van der Waals surface area contributed by atoms with Crippen molar-refractivity contribution < 1.29 is 9.53 Å². The molecule has 1 fully saturated rings. The van der Waals surface area contributed by atoms with Crippen molar-refractivity contribution in [3.8, 4) is 0 Å². The average Bonchev–Trinajstić information content (AvgIpc) is 2.44. The molecule has 1 N–H and O–H groups in total. The molecule has 0 aliphatic carbocycles. The molecule has 19 heavy (non-hydrogen) atoms. The van der Waals surface area contributed by atoms with Crippen molar-refractivity contribution in [3.63, 3.8) is 0 Å². The molecule has 0 bridgehead atoms. The van der Waals surface area contributed by atoms with Gasteiger partial charge in [0.1, 0.15) is 6.04 Å². The second kappa shape index (κ2) is 6.70. The third-order valence-corrected chi connectivity index (χ3v) is 4.15. The van der Waals surface area contributed by atoms with Crippen LogP contribution < -0.4 is 5.32 Å². The van der Waals surface area contributed by atoms with Crippen LogP contribution >= 0.6 is 27.5 Å². The molecule has 1 aromatic rings. The summed E-state index contributed by atoms with van der Waals surface area (Å²) >= 11 is 9.53. The molecule has 1 heterocycles. The minimum Gasteiger partial charge on any atom is -0.468 e. The quantitative estimate of drug-likeness (QED) is 0.851. The van der Waals surface area contributed by atoms with Gasteiger partial charge < -0.3 is 10.1 Å². The first-order chi connectivity index (χ1) is 9.13. The predicted molar refractivity (Wildman–Crippen MR) is 78.4 cm³/mol. The lowest BCUT2D eigenvalue weighted by Crippen LogP contribution is -2.47. The molecule has 0 aromatic heterocycles. The van der Waals surface area contributed by atoms with Crippen molar-refractivity contribution in [2.75, 3.05) is 33.3 Å². The van der Waals surface area contributed by atoms with Gasteiger partial charge in [-0.3, -0.25) is 4.90 Å². The largest absolute Gasteiger partial charge is 0.468 e. The van der Waals surface area contributed by atoms with Gasteiger partial charge in [-0.2, -0.15) is 0 Å². The lowest BCUT2D eigenvalue weighted by molar-refractivity contribution is -0.147. The maximum atomic E-state index is 12.1. The van der Waals surface area contributed by atoms with Crippen LogP contribution in [-0.4, -0.2) is 44.2 Å². The predicted octanol–water partition coefficient (Wildman–Crippen LogP) is 2.22. The number of nitrogens with one attached hydrogen (secondary N) is 1. The zero-order chi connectivity index (χ0) is 13.8. The highest BCUT2D eigenvalue weighted by molar-refractivity contribution is 9.10. The zero-order valence-corrected chi connectivity index (χ0v) is 13.0. The van der Waals surface area contributed by atoms with Gasteiger partial charge in [0.25, 0.3) is 0 Å². The molecule has 6 heteroatoms. The third-order valence-electron chi connectivity index (χ3n) is 3.19. The number of rotatable bonds is 3. The van der Waals surface area contributed by atoms with E-state index in [4.69, 9.17) is 16.3 Å². The Morgan fingerprint density at radius 3 is 2.79 bits per heavy atom.